The first-order chi connectivity index (χ1) is 13.5. The standard InChI is InChI=1S/C22H25NO5/c1-14(16-8-7-15-5-3-4-6-17(15)11-16)23-21(25)13-28-22(26)19-10-9-18(27-2)12-20(19)24/h7-12,14,24H,3-6,13H2,1-2H3,(H,23,25)/t14-/m1/s1. The lowest BCUT2D eigenvalue weighted by Gasteiger charge is -2.20. The molecule has 0 bridgehead atoms. The number of hydrogen-bond acceptors (Lipinski definition) is 5. The van der Waals surface area contributed by atoms with Crippen molar-refractivity contribution in [3.8, 4) is 11.5 Å². The molecule has 3 rings (SSSR count). The van der Waals surface area contributed by atoms with Gasteiger partial charge in [-0.1, -0.05) is 18.2 Å². The molecule has 1 aliphatic carbocycles. The van der Waals surface area contributed by atoms with E-state index in [2.05, 4.69) is 17.4 Å². The molecule has 0 aliphatic heterocycles. The molecule has 0 saturated carbocycles. The molecule has 1 atom stereocenters. The molecule has 0 radical (unpaired) electrons. The van der Waals surface area contributed by atoms with Crippen molar-refractivity contribution in [1.82, 2.24) is 5.32 Å². The molecule has 148 valence electrons. The highest BCUT2D eigenvalue weighted by atomic mass is 16.5. The van der Waals surface area contributed by atoms with Gasteiger partial charge in [0.05, 0.1) is 13.2 Å². The molecule has 2 N–H and O–H groups in total. The van der Waals surface area contributed by atoms with Crippen LogP contribution in [-0.4, -0.2) is 30.7 Å². The van der Waals surface area contributed by atoms with Gasteiger partial charge in [-0.2, -0.15) is 0 Å². The number of aromatic hydroxyl groups is 1. The summed E-state index contributed by atoms with van der Waals surface area (Å²) in [5, 5.41) is 12.7. The Balaban J connectivity index is 1.54. The largest absolute Gasteiger partial charge is 0.507 e. The van der Waals surface area contributed by atoms with E-state index < -0.39 is 18.5 Å². The van der Waals surface area contributed by atoms with Gasteiger partial charge in [-0.15, -0.1) is 0 Å². The Hall–Kier alpha value is -3.02. The quantitative estimate of drug-likeness (QED) is 0.748. The highest BCUT2D eigenvalue weighted by molar-refractivity contribution is 5.94. The molecule has 1 amide bonds. The topological polar surface area (TPSA) is 84.9 Å². The number of aryl methyl sites for hydroxylation is 2. The summed E-state index contributed by atoms with van der Waals surface area (Å²) in [7, 11) is 1.46. The van der Waals surface area contributed by atoms with E-state index in [0.29, 0.717) is 5.75 Å². The van der Waals surface area contributed by atoms with Gasteiger partial charge in [0.2, 0.25) is 0 Å². The van der Waals surface area contributed by atoms with Crippen LogP contribution < -0.4 is 10.1 Å². The molecule has 0 aromatic heterocycles. The van der Waals surface area contributed by atoms with Gasteiger partial charge in [0.1, 0.15) is 17.1 Å². The van der Waals surface area contributed by atoms with E-state index in [9.17, 15) is 14.7 Å². The number of fused-ring (bicyclic) bond motifs is 1. The van der Waals surface area contributed by atoms with Crippen LogP contribution in [0.15, 0.2) is 36.4 Å². The average Bonchev–Trinajstić information content (AvgIpc) is 2.71. The summed E-state index contributed by atoms with van der Waals surface area (Å²) >= 11 is 0. The van der Waals surface area contributed by atoms with Crippen LogP contribution in [0.3, 0.4) is 0 Å². The van der Waals surface area contributed by atoms with Crippen LogP contribution in [-0.2, 0) is 22.4 Å². The van der Waals surface area contributed by atoms with E-state index in [1.54, 1.807) is 0 Å². The number of carbonyl (C=O) groups excluding carboxylic acids is 2. The second-order valence-electron chi connectivity index (χ2n) is 6.98. The molecule has 0 saturated heterocycles. The lowest BCUT2D eigenvalue weighted by molar-refractivity contribution is -0.124. The first-order valence-electron chi connectivity index (χ1n) is 9.43. The summed E-state index contributed by atoms with van der Waals surface area (Å²) in [6, 6.07) is 10.4. The average molecular weight is 383 g/mol. The molecule has 0 fully saturated rings. The molecule has 6 heteroatoms. The third-order valence-electron chi connectivity index (χ3n) is 5.01. The first-order valence-corrected chi connectivity index (χ1v) is 9.43. The summed E-state index contributed by atoms with van der Waals surface area (Å²) in [4.78, 5) is 24.2. The van der Waals surface area contributed by atoms with E-state index in [1.807, 2.05) is 13.0 Å². The van der Waals surface area contributed by atoms with Crippen LogP contribution >= 0.6 is 0 Å². The second-order valence-corrected chi connectivity index (χ2v) is 6.98. The van der Waals surface area contributed by atoms with Crippen molar-refractivity contribution < 1.29 is 24.2 Å². The number of methoxy groups -OCH3 is 1. The monoisotopic (exact) mass is 383 g/mol. The van der Waals surface area contributed by atoms with E-state index in [4.69, 9.17) is 9.47 Å². The minimum atomic E-state index is -0.767. The number of benzene rings is 2. The van der Waals surface area contributed by atoms with Crippen LogP contribution in [0.25, 0.3) is 0 Å². The van der Waals surface area contributed by atoms with Gasteiger partial charge in [0.15, 0.2) is 6.61 Å². The summed E-state index contributed by atoms with van der Waals surface area (Å²) in [5.41, 5.74) is 3.76. The zero-order chi connectivity index (χ0) is 20.1. The highest BCUT2D eigenvalue weighted by Gasteiger charge is 2.17. The number of amides is 1. The van der Waals surface area contributed by atoms with Gasteiger partial charge in [0.25, 0.3) is 5.91 Å². The van der Waals surface area contributed by atoms with Gasteiger partial charge in [-0.3, -0.25) is 4.79 Å². The lowest BCUT2D eigenvalue weighted by atomic mass is 9.89. The number of phenols is 1. The normalized spacial score (nSPS) is 13.9. The van der Waals surface area contributed by atoms with Crippen LogP contribution in [0, 0.1) is 0 Å². The summed E-state index contributed by atoms with van der Waals surface area (Å²) in [6.07, 6.45) is 4.62. The molecule has 0 heterocycles. The van der Waals surface area contributed by atoms with Crippen LogP contribution in [0.5, 0.6) is 11.5 Å². The molecular formula is C22H25NO5. The Morgan fingerprint density at radius 3 is 2.57 bits per heavy atom. The van der Waals surface area contributed by atoms with Gasteiger partial charge >= 0.3 is 5.97 Å². The Bertz CT molecular complexity index is 877. The highest BCUT2D eigenvalue weighted by Crippen LogP contribution is 2.25. The smallest absolute Gasteiger partial charge is 0.342 e. The van der Waals surface area contributed by atoms with E-state index in [-0.39, 0.29) is 17.4 Å². The summed E-state index contributed by atoms with van der Waals surface area (Å²) in [6.45, 7) is 1.49. The Labute approximate surface area is 164 Å². The van der Waals surface area contributed by atoms with E-state index in [0.717, 1.165) is 18.4 Å². The maximum Gasteiger partial charge on any atom is 0.342 e. The molecule has 0 unspecified atom stereocenters. The number of phenolic OH excluding ortho intramolecular Hbond substituents is 1. The number of esters is 1. The Morgan fingerprint density at radius 1 is 1.11 bits per heavy atom. The number of hydrogen-bond donors (Lipinski definition) is 2. The zero-order valence-corrected chi connectivity index (χ0v) is 16.2. The summed E-state index contributed by atoms with van der Waals surface area (Å²) < 4.78 is 9.99. The van der Waals surface area contributed by atoms with Gasteiger partial charge in [0, 0.05) is 6.07 Å². The van der Waals surface area contributed by atoms with Crippen LogP contribution in [0.2, 0.25) is 0 Å². The molecule has 2 aromatic rings. The predicted octanol–water partition coefficient (Wildman–Crippen LogP) is 3.31. The SMILES string of the molecule is COc1ccc(C(=O)OCC(=O)N[C@H](C)c2ccc3c(c2)CCCC3)c(O)c1. The molecule has 2 aromatic carbocycles. The zero-order valence-electron chi connectivity index (χ0n) is 16.2. The number of rotatable bonds is 6. The van der Waals surface area contributed by atoms with E-state index >= 15 is 0 Å². The number of nitrogens with one attached hydrogen (secondary N) is 1. The summed E-state index contributed by atoms with van der Waals surface area (Å²) in [5.74, 6) is -0.999. The third kappa shape index (κ3) is 4.63. The van der Waals surface area contributed by atoms with Crippen molar-refractivity contribution in [2.75, 3.05) is 13.7 Å². The molecule has 0 spiro atoms. The van der Waals surface area contributed by atoms with Crippen molar-refractivity contribution in [3.05, 3.63) is 58.7 Å². The Morgan fingerprint density at radius 2 is 1.86 bits per heavy atom. The van der Waals surface area contributed by atoms with Crippen molar-refractivity contribution >= 4 is 11.9 Å². The fourth-order valence-corrected chi connectivity index (χ4v) is 3.41. The third-order valence-corrected chi connectivity index (χ3v) is 5.01. The van der Waals surface area contributed by atoms with Crippen molar-refractivity contribution in [2.45, 2.75) is 38.6 Å². The van der Waals surface area contributed by atoms with Crippen molar-refractivity contribution in [3.63, 3.8) is 0 Å². The fraction of sp³-hybridized carbons (Fsp3) is 0.364. The number of ether oxygens (including phenoxy) is 2. The van der Waals surface area contributed by atoms with Crippen molar-refractivity contribution in [2.24, 2.45) is 0 Å². The lowest BCUT2D eigenvalue weighted by Crippen LogP contribution is -2.31. The van der Waals surface area contributed by atoms with Crippen LogP contribution in [0.1, 0.15) is 52.9 Å². The minimum Gasteiger partial charge on any atom is -0.507 e. The second kappa shape index (κ2) is 8.78. The first kappa shape index (κ1) is 19.7. The van der Waals surface area contributed by atoms with Gasteiger partial charge < -0.3 is 19.9 Å². The fourth-order valence-electron chi connectivity index (χ4n) is 3.41. The maximum absolute atomic E-state index is 12.2. The van der Waals surface area contributed by atoms with Gasteiger partial charge in [-0.05, 0) is 61.4 Å². The predicted molar refractivity (Wildman–Crippen MR) is 105 cm³/mol. The van der Waals surface area contributed by atoms with Crippen molar-refractivity contribution in [1.29, 1.82) is 0 Å². The molecular weight excluding hydrogens is 358 g/mol. The molecule has 28 heavy (non-hydrogen) atoms. The minimum absolute atomic E-state index is 0.0173. The maximum atomic E-state index is 12.2. The van der Waals surface area contributed by atoms with E-state index in [1.165, 1.54) is 49.3 Å². The molecule has 6 nitrogen and oxygen atoms in total. The molecule has 1 aliphatic rings. The van der Waals surface area contributed by atoms with Gasteiger partial charge in [-0.25, -0.2) is 4.79 Å². The number of carbonyl (C=O) groups is 2. The van der Waals surface area contributed by atoms with Crippen LogP contribution in [0.4, 0.5) is 0 Å². The Kier molecular flexibility index (Phi) is 6.19.